The van der Waals surface area contributed by atoms with Gasteiger partial charge in [-0.3, -0.25) is 4.79 Å². The maximum Gasteiger partial charge on any atom is 0.309 e. The lowest BCUT2D eigenvalue weighted by Crippen LogP contribution is -2.07. The normalized spacial score (nSPS) is 24.8. The van der Waals surface area contributed by atoms with Crippen molar-refractivity contribution in [2.45, 2.75) is 45.4 Å². The van der Waals surface area contributed by atoms with Crippen LogP contribution in [0, 0.1) is 5.92 Å². The molecule has 0 fully saturated rings. The highest BCUT2D eigenvalue weighted by Crippen LogP contribution is 2.10. The Morgan fingerprint density at radius 1 is 1.19 bits per heavy atom. The number of carbonyl (C=O) groups is 1. The third-order valence-corrected chi connectivity index (χ3v) is 2.77. The van der Waals surface area contributed by atoms with E-state index in [0.717, 1.165) is 32.1 Å². The van der Waals surface area contributed by atoms with E-state index < -0.39 is 0 Å². The molecule has 1 rings (SSSR count). The van der Waals surface area contributed by atoms with Crippen LogP contribution in [0.25, 0.3) is 0 Å². The van der Waals surface area contributed by atoms with Crippen molar-refractivity contribution in [3.63, 3.8) is 0 Å². The summed E-state index contributed by atoms with van der Waals surface area (Å²) in [6, 6.07) is 0. The van der Waals surface area contributed by atoms with Crippen LogP contribution in [-0.4, -0.2) is 12.6 Å². The zero-order valence-electron chi connectivity index (χ0n) is 10.2. The summed E-state index contributed by atoms with van der Waals surface area (Å²) in [5.74, 6) is 0.499. The smallest absolute Gasteiger partial charge is 0.309 e. The SMILES string of the molecule is CC1CC=CCCCC=CCC(=O)OCC1. The van der Waals surface area contributed by atoms with Gasteiger partial charge in [0.2, 0.25) is 0 Å². The van der Waals surface area contributed by atoms with Crippen molar-refractivity contribution in [1.29, 1.82) is 0 Å². The predicted octanol–water partition coefficient (Wildman–Crippen LogP) is 3.63. The molecule has 0 aromatic carbocycles. The molecule has 1 aliphatic heterocycles. The number of allylic oxidation sites excluding steroid dienone is 3. The van der Waals surface area contributed by atoms with Crippen LogP contribution in [0.4, 0.5) is 0 Å². The summed E-state index contributed by atoms with van der Waals surface area (Å²) >= 11 is 0. The molecule has 1 aliphatic rings. The highest BCUT2D eigenvalue weighted by Gasteiger charge is 2.03. The average molecular weight is 222 g/mol. The topological polar surface area (TPSA) is 26.3 Å². The van der Waals surface area contributed by atoms with Crippen molar-refractivity contribution < 1.29 is 9.53 Å². The van der Waals surface area contributed by atoms with Crippen molar-refractivity contribution in [3.05, 3.63) is 24.3 Å². The molecule has 1 atom stereocenters. The number of ether oxygens (including phenoxy) is 1. The molecule has 0 radical (unpaired) electrons. The Morgan fingerprint density at radius 2 is 1.94 bits per heavy atom. The molecule has 0 amide bonds. The third-order valence-electron chi connectivity index (χ3n) is 2.77. The number of hydrogen-bond acceptors (Lipinski definition) is 2. The van der Waals surface area contributed by atoms with E-state index in [4.69, 9.17) is 4.74 Å². The van der Waals surface area contributed by atoms with E-state index in [1.165, 1.54) is 0 Å². The Balaban J connectivity index is 2.38. The molecular weight excluding hydrogens is 200 g/mol. The first-order chi connectivity index (χ1) is 7.79. The number of cyclic esters (lactones) is 1. The molecule has 1 unspecified atom stereocenters. The van der Waals surface area contributed by atoms with Crippen LogP contribution in [-0.2, 0) is 9.53 Å². The van der Waals surface area contributed by atoms with Crippen LogP contribution in [0.3, 0.4) is 0 Å². The zero-order chi connectivity index (χ0) is 11.6. The number of rotatable bonds is 0. The lowest BCUT2D eigenvalue weighted by Gasteiger charge is -2.09. The van der Waals surface area contributed by atoms with E-state index in [9.17, 15) is 4.79 Å². The Hall–Kier alpha value is -1.05. The minimum Gasteiger partial charge on any atom is -0.465 e. The van der Waals surface area contributed by atoms with Crippen LogP contribution in [0.1, 0.15) is 45.4 Å². The monoisotopic (exact) mass is 222 g/mol. The zero-order valence-corrected chi connectivity index (χ0v) is 10.2. The fraction of sp³-hybridized carbons (Fsp3) is 0.643. The second-order valence-corrected chi connectivity index (χ2v) is 4.43. The Bertz CT molecular complexity index is 253. The number of hydrogen-bond donors (Lipinski definition) is 0. The first-order valence-electron chi connectivity index (χ1n) is 6.24. The molecular formula is C14H22O2. The van der Waals surface area contributed by atoms with Crippen molar-refractivity contribution in [3.8, 4) is 0 Å². The van der Waals surface area contributed by atoms with E-state index >= 15 is 0 Å². The maximum absolute atomic E-state index is 11.3. The van der Waals surface area contributed by atoms with E-state index in [1.807, 2.05) is 6.08 Å². The summed E-state index contributed by atoms with van der Waals surface area (Å²) in [5.41, 5.74) is 0. The van der Waals surface area contributed by atoms with E-state index in [2.05, 4.69) is 25.2 Å². The highest BCUT2D eigenvalue weighted by molar-refractivity contribution is 5.71. The number of esters is 1. The fourth-order valence-corrected chi connectivity index (χ4v) is 1.65. The predicted molar refractivity (Wildman–Crippen MR) is 66.1 cm³/mol. The molecule has 0 aliphatic carbocycles. The quantitative estimate of drug-likeness (QED) is 0.462. The Labute approximate surface area is 98.4 Å². The van der Waals surface area contributed by atoms with E-state index in [1.54, 1.807) is 0 Å². The highest BCUT2D eigenvalue weighted by atomic mass is 16.5. The van der Waals surface area contributed by atoms with E-state index in [-0.39, 0.29) is 5.97 Å². The molecule has 0 aromatic rings. The van der Waals surface area contributed by atoms with Gasteiger partial charge in [-0.15, -0.1) is 0 Å². The lowest BCUT2D eigenvalue weighted by atomic mass is 10.0. The Morgan fingerprint density at radius 3 is 2.75 bits per heavy atom. The van der Waals surface area contributed by atoms with Crippen LogP contribution in [0.5, 0.6) is 0 Å². The maximum atomic E-state index is 11.3. The fourth-order valence-electron chi connectivity index (χ4n) is 1.65. The summed E-state index contributed by atoms with van der Waals surface area (Å²) in [5, 5.41) is 0. The summed E-state index contributed by atoms with van der Waals surface area (Å²) in [6.45, 7) is 2.76. The van der Waals surface area contributed by atoms with Gasteiger partial charge in [0.25, 0.3) is 0 Å². The van der Waals surface area contributed by atoms with E-state index in [0.29, 0.717) is 18.9 Å². The van der Waals surface area contributed by atoms with Crippen molar-refractivity contribution in [2.24, 2.45) is 5.92 Å². The molecule has 1 heterocycles. The summed E-state index contributed by atoms with van der Waals surface area (Å²) in [4.78, 5) is 11.3. The van der Waals surface area contributed by atoms with Crippen LogP contribution < -0.4 is 0 Å². The van der Waals surface area contributed by atoms with Crippen LogP contribution in [0.2, 0.25) is 0 Å². The van der Waals surface area contributed by atoms with Gasteiger partial charge < -0.3 is 4.74 Å². The average Bonchev–Trinajstić information content (AvgIpc) is 2.26. The lowest BCUT2D eigenvalue weighted by molar-refractivity contribution is -0.142. The summed E-state index contributed by atoms with van der Waals surface area (Å²) in [7, 11) is 0. The minimum absolute atomic E-state index is 0.101. The van der Waals surface area contributed by atoms with Crippen LogP contribution in [0.15, 0.2) is 24.3 Å². The number of carbonyl (C=O) groups excluding carboxylic acids is 1. The molecule has 0 aromatic heterocycles. The second kappa shape index (κ2) is 8.14. The van der Waals surface area contributed by atoms with Gasteiger partial charge in [-0.2, -0.15) is 0 Å². The van der Waals surface area contributed by atoms with Crippen molar-refractivity contribution in [1.82, 2.24) is 0 Å². The molecule has 2 heteroatoms. The van der Waals surface area contributed by atoms with Gasteiger partial charge in [0.15, 0.2) is 0 Å². The van der Waals surface area contributed by atoms with Crippen molar-refractivity contribution >= 4 is 5.97 Å². The first-order valence-corrected chi connectivity index (χ1v) is 6.24. The molecule has 2 nitrogen and oxygen atoms in total. The molecule has 0 N–H and O–H groups in total. The Kier molecular flexibility index (Phi) is 6.62. The minimum atomic E-state index is -0.101. The second-order valence-electron chi connectivity index (χ2n) is 4.43. The van der Waals surface area contributed by atoms with Gasteiger partial charge in [-0.05, 0) is 38.0 Å². The van der Waals surface area contributed by atoms with Crippen LogP contribution >= 0.6 is 0 Å². The van der Waals surface area contributed by atoms with Gasteiger partial charge in [-0.1, -0.05) is 31.2 Å². The third kappa shape index (κ3) is 6.44. The molecule has 0 saturated carbocycles. The molecule has 0 saturated heterocycles. The molecule has 0 spiro atoms. The van der Waals surface area contributed by atoms with Gasteiger partial charge in [0.1, 0.15) is 0 Å². The van der Waals surface area contributed by atoms with Gasteiger partial charge >= 0.3 is 5.97 Å². The van der Waals surface area contributed by atoms with Gasteiger partial charge in [0.05, 0.1) is 13.0 Å². The summed E-state index contributed by atoms with van der Waals surface area (Å²) < 4.78 is 5.14. The molecule has 16 heavy (non-hydrogen) atoms. The standard InChI is InChI=1S/C14H22O2/c1-13-9-7-5-3-2-4-6-8-10-14(15)16-12-11-13/h5-8,13H,2-4,9-12H2,1H3. The molecule has 0 bridgehead atoms. The largest absolute Gasteiger partial charge is 0.465 e. The van der Waals surface area contributed by atoms with Gasteiger partial charge in [0, 0.05) is 0 Å². The summed E-state index contributed by atoms with van der Waals surface area (Å²) in [6.07, 6.45) is 14.3. The molecule has 90 valence electrons. The van der Waals surface area contributed by atoms with Gasteiger partial charge in [-0.25, -0.2) is 0 Å². The first kappa shape index (κ1) is 13.0. The van der Waals surface area contributed by atoms with Crippen molar-refractivity contribution in [2.75, 3.05) is 6.61 Å².